The van der Waals surface area contributed by atoms with Crippen molar-refractivity contribution in [3.63, 3.8) is 0 Å². The van der Waals surface area contributed by atoms with Crippen molar-refractivity contribution < 1.29 is 45.0 Å². The van der Waals surface area contributed by atoms with Crippen LogP contribution in [0.2, 0.25) is 0 Å². The summed E-state index contributed by atoms with van der Waals surface area (Å²) in [5.74, 6) is -4.49. The molecule has 0 heterocycles. The molecule has 38 heavy (non-hydrogen) atoms. The molecule has 0 radical (unpaired) electrons. The first kappa shape index (κ1) is 30.9. The van der Waals surface area contributed by atoms with Gasteiger partial charge in [-0.1, -0.05) is 56.3 Å². The summed E-state index contributed by atoms with van der Waals surface area (Å²) >= 11 is 0. The van der Waals surface area contributed by atoms with Gasteiger partial charge in [0.15, 0.2) is 6.10 Å². The van der Waals surface area contributed by atoms with Crippen LogP contribution in [0.1, 0.15) is 31.9 Å². The Kier molecular flexibility index (Phi) is 10.1. The molecule has 0 spiro atoms. The van der Waals surface area contributed by atoms with Gasteiger partial charge in [0.05, 0.1) is 6.04 Å². The Morgan fingerprint density at radius 3 is 1.92 bits per heavy atom. The molecule has 0 aliphatic rings. The minimum Gasteiger partial charge on any atom is -0.457 e. The highest BCUT2D eigenvalue weighted by molar-refractivity contribution is 5.53. The molecule has 0 aliphatic heterocycles. The number of benzene rings is 3. The van der Waals surface area contributed by atoms with Crippen LogP contribution in [0, 0.1) is 0 Å². The average molecular weight is 550 g/mol. The van der Waals surface area contributed by atoms with Gasteiger partial charge in [0, 0.05) is 23.9 Å². The molecule has 0 saturated heterocycles. The zero-order valence-electron chi connectivity index (χ0n) is 20.7. The van der Waals surface area contributed by atoms with Crippen molar-refractivity contribution in [1.82, 2.24) is 0 Å². The second kappa shape index (κ2) is 12.5. The normalized spacial score (nSPS) is 13.7. The topological polar surface area (TPSA) is 32.7 Å². The quantitative estimate of drug-likeness (QED) is 0.286. The van der Waals surface area contributed by atoms with Crippen LogP contribution in [0.3, 0.4) is 0 Å². The number of aliphatic hydroxyl groups is 1. The number of hydrogen-bond donors (Lipinski definition) is 1. The Labute approximate surface area is 215 Å². The number of para-hydroxylation sites is 1. The van der Waals surface area contributed by atoms with Crippen LogP contribution in [0.5, 0.6) is 11.5 Å². The van der Waals surface area contributed by atoms with Crippen LogP contribution in [-0.4, -0.2) is 29.6 Å². The maximum atomic E-state index is 13.9. The molecule has 1 N–H and O–H groups in total. The van der Waals surface area contributed by atoms with Crippen molar-refractivity contribution in [3.05, 3.63) is 90.0 Å². The summed E-state index contributed by atoms with van der Waals surface area (Å²) in [6.45, 7) is 4.56. The number of nitrogens with zero attached hydrogens (tertiary/aromatic N) is 1. The SMILES string of the molecule is CC.CC(C(O)C(F)(F)F)N(Cc1cccc(C(F)(F)C(F)(F)F)c1)c1cccc(Oc2ccccc2)c1. The molecule has 0 aliphatic carbocycles. The highest BCUT2D eigenvalue weighted by Gasteiger charge is 2.58. The van der Waals surface area contributed by atoms with E-state index in [4.69, 9.17) is 4.74 Å². The van der Waals surface area contributed by atoms with Crippen LogP contribution in [0.25, 0.3) is 0 Å². The minimum atomic E-state index is -5.85. The third-order valence-corrected chi connectivity index (χ3v) is 5.41. The molecule has 0 fully saturated rings. The van der Waals surface area contributed by atoms with Crippen molar-refractivity contribution in [2.45, 2.75) is 57.7 Å². The third kappa shape index (κ3) is 7.59. The lowest BCUT2D eigenvalue weighted by Crippen LogP contribution is -2.48. The lowest BCUT2D eigenvalue weighted by Gasteiger charge is -2.35. The summed E-state index contributed by atoms with van der Waals surface area (Å²) in [5.41, 5.74) is -1.35. The summed E-state index contributed by atoms with van der Waals surface area (Å²) in [7, 11) is 0. The summed E-state index contributed by atoms with van der Waals surface area (Å²) in [6, 6.07) is 15.9. The van der Waals surface area contributed by atoms with Crippen molar-refractivity contribution in [2.24, 2.45) is 0 Å². The van der Waals surface area contributed by atoms with E-state index in [1.807, 2.05) is 13.8 Å². The van der Waals surface area contributed by atoms with Crippen LogP contribution in [-0.2, 0) is 12.5 Å². The van der Waals surface area contributed by atoms with Crippen LogP contribution >= 0.6 is 0 Å². The Balaban J connectivity index is 0.00000247. The maximum Gasteiger partial charge on any atom is 0.458 e. The van der Waals surface area contributed by atoms with Gasteiger partial charge in [-0.2, -0.15) is 35.1 Å². The molecule has 3 aromatic carbocycles. The number of rotatable bonds is 8. The molecular formula is C27H27F8NO2. The lowest BCUT2D eigenvalue weighted by molar-refractivity contribution is -0.289. The van der Waals surface area contributed by atoms with E-state index < -0.39 is 42.5 Å². The van der Waals surface area contributed by atoms with Crippen molar-refractivity contribution >= 4 is 5.69 Å². The number of hydrogen-bond acceptors (Lipinski definition) is 3. The Hall–Kier alpha value is -3.34. The van der Waals surface area contributed by atoms with E-state index in [0.717, 1.165) is 17.9 Å². The fraction of sp³-hybridized carbons (Fsp3) is 0.333. The maximum absolute atomic E-state index is 13.9. The highest BCUT2D eigenvalue weighted by Crippen LogP contribution is 2.44. The van der Waals surface area contributed by atoms with Gasteiger partial charge in [0.25, 0.3) is 0 Å². The van der Waals surface area contributed by atoms with Crippen molar-refractivity contribution in [1.29, 1.82) is 0 Å². The number of aliphatic hydroxyl groups excluding tert-OH is 1. The number of anilines is 1. The monoisotopic (exact) mass is 549 g/mol. The van der Waals surface area contributed by atoms with E-state index in [1.54, 1.807) is 30.3 Å². The molecule has 3 aromatic rings. The van der Waals surface area contributed by atoms with E-state index in [1.165, 1.54) is 30.3 Å². The second-order valence-electron chi connectivity index (χ2n) is 8.04. The van der Waals surface area contributed by atoms with E-state index in [0.29, 0.717) is 17.9 Å². The third-order valence-electron chi connectivity index (χ3n) is 5.41. The number of alkyl halides is 8. The Bertz CT molecular complexity index is 1150. The fourth-order valence-electron chi connectivity index (χ4n) is 3.49. The molecule has 208 valence electrons. The lowest BCUT2D eigenvalue weighted by atomic mass is 10.0. The highest BCUT2D eigenvalue weighted by atomic mass is 19.4. The summed E-state index contributed by atoms with van der Waals surface area (Å²) in [6.07, 6.45) is -13.7. The molecule has 0 saturated carbocycles. The van der Waals surface area contributed by atoms with Crippen LogP contribution < -0.4 is 9.64 Å². The molecule has 0 aromatic heterocycles. The van der Waals surface area contributed by atoms with E-state index in [9.17, 15) is 40.2 Å². The molecule has 2 unspecified atom stereocenters. The fourth-order valence-corrected chi connectivity index (χ4v) is 3.49. The average Bonchev–Trinajstić information content (AvgIpc) is 2.87. The first-order valence-corrected chi connectivity index (χ1v) is 11.6. The molecule has 0 amide bonds. The minimum absolute atomic E-state index is 0.118. The first-order valence-electron chi connectivity index (χ1n) is 11.6. The van der Waals surface area contributed by atoms with E-state index in [2.05, 4.69) is 0 Å². The molecule has 3 rings (SSSR count). The zero-order valence-corrected chi connectivity index (χ0v) is 20.7. The van der Waals surface area contributed by atoms with Crippen LogP contribution in [0.15, 0.2) is 78.9 Å². The van der Waals surface area contributed by atoms with E-state index in [-0.39, 0.29) is 17.0 Å². The zero-order chi connectivity index (χ0) is 28.7. The molecule has 11 heteroatoms. The summed E-state index contributed by atoms with van der Waals surface area (Å²) < 4.78 is 112. The van der Waals surface area contributed by atoms with Gasteiger partial charge in [0.1, 0.15) is 11.5 Å². The van der Waals surface area contributed by atoms with Crippen molar-refractivity contribution in [2.75, 3.05) is 4.90 Å². The second-order valence-corrected chi connectivity index (χ2v) is 8.04. The Morgan fingerprint density at radius 1 is 0.763 bits per heavy atom. The van der Waals surface area contributed by atoms with Gasteiger partial charge in [-0.05, 0) is 42.8 Å². The van der Waals surface area contributed by atoms with Gasteiger partial charge in [-0.25, -0.2) is 0 Å². The van der Waals surface area contributed by atoms with Gasteiger partial charge in [-0.3, -0.25) is 0 Å². The van der Waals surface area contributed by atoms with Gasteiger partial charge < -0.3 is 14.7 Å². The molecular weight excluding hydrogens is 522 g/mol. The number of ether oxygens (including phenoxy) is 1. The largest absolute Gasteiger partial charge is 0.458 e. The molecule has 3 nitrogen and oxygen atoms in total. The predicted octanol–water partition coefficient (Wildman–Crippen LogP) is 8.48. The molecule has 0 bridgehead atoms. The van der Waals surface area contributed by atoms with Crippen LogP contribution in [0.4, 0.5) is 40.8 Å². The summed E-state index contributed by atoms with van der Waals surface area (Å²) in [4.78, 5) is 1.06. The van der Waals surface area contributed by atoms with Gasteiger partial charge in [-0.15, -0.1) is 0 Å². The predicted molar refractivity (Wildman–Crippen MR) is 128 cm³/mol. The smallest absolute Gasteiger partial charge is 0.457 e. The van der Waals surface area contributed by atoms with Gasteiger partial charge in [0.2, 0.25) is 0 Å². The number of halogens is 8. The van der Waals surface area contributed by atoms with Gasteiger partial charge >= 0.3 is 18.3 Å². The Morgan fingerprint density at radius 2 is 1.34 bits per heavy atom. The summed E-state index contributed by atoms with van der Waals surface area (Å²) in [5, 5.41) is 9.89. The van der Waals surface area contributed by atoms with Crippen molar-refractivity contribution in [3.8, 4) is 11.5 Å². The molecule has 2 atom stereocenters. The first-order chi connectivity index (χ1) is 17.7. The standard InChI is InChI=1S/C25H21F8NO2.C2H6/c1-16(22(35)24(28,29)30)34(15-17-7-5-8-18(13-17)23(26,27)25(31,32)33)19-9-6-12-21(14-19)36-20-10-3-2-4-11-20;1-2/h2-14,16,22,35H,15H2,1H3;1-2H3. The van der Waals surface area contributed by atoms with E-state index >= 15 is 0 Å².